The Balaban J connectivity index is 2.08. The first-order chi connectivity index (χ1) is 12.8. The zero-order valence-corrected chi connectivity index (χ0v) is 16.6. The Morgan fingerprint density at radius 1 is 1.07 bits per heavy atom. The van der Waals surface area contributed by atoms with Crippen molar-refractivity contribution in [2.45, 2.75) is 20.3 Å². The zero-order valence-electron chi connectivity index (χ0n) is 15.8. The third-order valence-electron chi connectivity index (χ3n) is 4.00. The van der Waals surface area contributed by atoms with Gasteiger partial charge in [-0.3, -0.25) is 9.59 Å². The molecule has 144 valence electrons. The Hall–Kier alpha value is -2.73. The molecule has 0 aliphatic rings. The molecule has 1 N–H and O–H groups in total. The zero-order chi connectivity index (χ0) is 20.0. The number of rotatable bonds is 7. The van der Waals surface area contributed by atoms with Crippen LogP contribution in [0.2, 0.25) is 5.02 Å². The van der Waals surface area contributed by atoms with Crippen molar-refractivity contribution in [1.82, 2.24) is 0 Å². The largest absolute Gasteiger partial charge is 0.495 e. The third kappa shape index (κ3) is 5.37. The number of ether oxygens (including phenoxy) is 2. The summed E-state index contributed by atoms with van der Waals surface area (Å²) < 4.78 is 10.4. The van der Waals surface area contributed by atoms with Crippen LogP contribution in [0.3, 0.4) is 0 Å². The van der Waals surface area contributed by atoms with E-state index in [1.54, 1.807) is 31.4 Å². The highest BCUT2D eigenvalue weighted by Crippen LogP contribution is 2.30. The van der Waals surface area contributed by atoms with Crippen molar-refractivity contribution < 1.29 is 19.1 Å². The number of amides is 2. The molecule has 2 amide bonds. The second-order valence-electron chi connectivity index (χ2n) is 5.99. The lowest BCUT2D eigenvalue weighted by Gasteiger charge is -2.23. The van der Waals surface area contributed by atoms with Gasteiger partial charge in [0.25, 0.3) is 0 Å². The van der Waals surface area contributed by atoms with Crippen LogP contribution in [0.4, 0.5) is 11.4 Å². The summed E-state index contributed by atoms with van der Waals surface area (Å²) in [6, 6.07) is 10.6. The number of halogens is 1. The lowest BCUT2D eigenvalue weighted by Crippen LogP contribution is -2.32. The van der Waals surface area contributed by atoms with Gasteiger partial charge in [-0.25, -0.2) is 0 Å². The molecule has 27 heavy (non-hydrogen) atoms. The fourth-order valence-electron chi connectivity index (χ4n) is 2.64. The molecule has 0 heterocycles. The summed E-state index contributed by atoms with van der Waals surface area (Å²) in [7, 11) is 3.07. The molecule has 2 aromatic carbocycles. The number of nitrogens with zero attached hydrogens (tertiary/aromatic N) is 1. The number of anilines is 2. The van der Waals surface area contributed by atoms with Gasteiger partial charge in [0.1, 0.15) is 11.5 Å². The molecule has 7 heteroatoms. The van der Waals surface area contributed by atoms with Gasteiger partial charge in [-0.15, -0.1) is 0 Å². The van der Waals surface area contributed by atoms with E-state index in [9.17, 15) is 9.59 Å². The number of benzene rings is 2. The molecule has 0 saturated carbocycles. The van der Waals surface area contributed by atoms with Gasteiger partial charge in [-0.1, -0.05) is 17.7 Å². The van der Waals surface area contributed by atoms with E-state index in [1.807, 2.05) is 19.1 Å². The van der Waals surface area contributed by atoms with Crippen molar-refractivity contribution in [3.05, 3.63) is 47.0 Å². The van der Waals surface area contributed by atoms with Crippen molar-refractivity contribution in [2.75, 3.05) is 31.0 Å². The number of carbonyl (C=O) groups is 2. The SMILES string of the molecule is COc1ccc(NC(=O)CCN(C(C)=O)c2cc(C)ccc2OC)cc1Cl. The van der Waals surface area contributed by atoms with Gasteiger partial charge < -0.3 is 19.7 Å². The minimum Gasteiger partial charge on any atom is -0.495 e. The summed E-state index contributed by atoms with van der Waals surface area (Å²) in [6.45, 7) is 3.62. The number of nitrogens with one attached hydrogen (secondary N) is 1. The lowest BCUT2D eigenvalue weighted by atomic mass is 10.1. The fraction of sp³-hybridized carbons (Fsp3) is 0.300. The van der Waals surface area contributed by atoms with E-state index in [0.717, 1.165) is 5.56 Å². The van der Waals surface area contributed by atoms with Crippen LogP contribution in [0, 0.1) is 6.92 Å². The highest BCUT2D eigenvalue weighted by Gasteiger charge is 2.18. The Bertz CT molecular complexity index is 839. The quantitative estimate of drug-likeness (QED) is 0.774. The van der Waals surface area contributed by atoms with E-state index in [4.69, 9.17) is 21.1 Å². The first-order valence-electron chi connectivity index (χ1n) is 8.42. The molecule has 0 fully saturated rings. The second kappa shape index (κ2) is 9.28. The molecule has 2 rings (SSSR count). The van der Waals surface area contributed by atoms with E-state index in [0.29, 0.717) is 27.9 Å². The maximum absolute atomic E-state index is 12.3. The van der Waals surface area contributed by atoms with E-state index >= 15 is 0 Å². The van der Waals surface area contributed by atoms with Gasteiger partial charge >= 0.3 is 0 Å². The van der Waals surface area contributed by atoms with Gasteiger partial charge in [0, 0.05) is 25.6 Å². The second-order valence-corrected chi connectivity index (χ2v) is 6.40. The molecule has 0 atom stereocenters. The van der Waals surface area contributed by atoms with Gasteiger partial charge in [-0.05, 0) is 42.8 Å². The van der Waals surface area contributed by atoms with Crippen molar-refractivity contribution in [3.8, 4) is 11.5 Å². The normalized spacial score (nSPS) is 10.3. The monoisotopic (exact) mass is 390 g/mol. The highest BCUT2D eigenvalue weighted by atomic mass is 35.5. The van der Waals surface area contributed by atoms with Gasteiger partial charge in [0.05, 0.1) is 24.9 Å². The van der Waals surface area contributed by atoms with Crippen LogP contribution in [0.25, 0.3) is 0 Å². The molecule has 0 aliphatic carbocycles. The molecule has 0 radical (unpaired) electrons. The summed E-state index contributed by atoms with van der Waals surface area (Å²) in [4.78, 5) is 26.0. The Labute approximate surface area is 164 Å². The summed E-state index contributed by atoms with van der Waals surface area (Å²) in [5.41, 5.74) is 2.20. The van der Waals surface area contributed by atoms with Gasteiger partial charge in [0.2, 0.25) is 11.8 Å². The van der Waals surface area contributed by atoms with Crippen LogP contribution in [0.5, 0.6) is 11.5 Å². The van der Waals surface area contributed by atoms with Crippen molar-refractivity contribution >= 4 is 34.8 Å². The molecule has 0 spiro atoms. The molecule has 0 unspecified atom stereocenters. The molecule has 0 aliphatic heterocycles. The first kappa shape index (κ1) is 20.6. The predicted octanol–water partition coefficient (Wildman–Crippen LogP) is 4.05. The van der Waals surface area contributed by atoms with Crippen molar-refractivity contribution in [3.63, 3.8) is 0 Å². The Kier molecular flexibility index (Phi) is 7.07. The van der Waals surface area contributed by atoms with Crippen LogP contribution in [0.1, 0.15) is 18.9 Å². The molecule has 2 aromatic rings. The predicted molar refractivity (Wildman–Crippen MR) is 107 cm³/mol. The highest BCUT2D eigenvalue weighted by molar-refractivity contribution is 6.32. The smallest absolute Gasteiger partial charge is 0.226 e. The van der Waals surface area contributed by atoms with E-state index in [1.165, 1.54) is 18.9 Å². The molecule has 0 bridgehead atoms. The van der Waals surface area contributed by atoms with E-state index < -0.39 is 0 Å². The van der Waals surface area contributed by atoms with Crippen LogP contribution in [-0.2, 0) is 9.59 Å². The van der Waals surface area contributed by atoms with E-state index in [2.05, 4.69) is 5.32 Å². The molecule has 0 aromatic heterocycles. The summed E-state index contributed by atoms with van der Waals surface area (Å²) in [5.74, 6) is 0.718. The van der Waals surface area contributed by atoms with Crippen LogP contribution in [0.15, 0.2) is 36.4 Å². The van der Waals surface area contributed by atoms with E-state index in [-0.39, 0.29) is 24.8 Å². The first-order valence-corrected chi connectivity index (χ1v) is 8.79. The van der Waals surface area contributed by atoms with Crippen molar-refractivity contribution in [1.29, 1.82) is 0 Å². The number of carbonyl (C=O) groups excluding carboxylic acids is 2. The average molecular weight is 391 g/mol. The summed E-state index contributed by atoms with van der Waals surface area (Å²) >= 11 is 6.07. The van der Waals surface area contributed by atoms with Crippen LogP contribution < -0.4 is 19.7 Å². The molecule has 6 nitrogen and oxygen atoms in total. The number of hydrogen-bond donors (Lipinski definition) is 1. The van der Waals surface area contributed by atoms with Gasteiger partial charge in [0.15, 0.2) is 0 Å². The minimum absolute atomic E-state index is 0.125. The molecular formula is C20H23ClN2O4. The number of methoxy groups -OCH3 is 2. The average Bonchev–Trinajstić information content (AvgIpc) is 2.62. The van der Waals surface area contributed by atoms with Crippen LogP contribution in [-0.4, -0.2) is 32.6 Å². The maximum atomic E-state index is 12.3. The lowest BCUT2D eigenvalue weighted by molar-refractivity contribution is -0.117. The van der Waals surface area contributed by atoms with Crippen molar-refractivity contribution in [2.24, 2.45) is 0 Å². The number of aryl methyl sites for hydroxylation is 1. The Morgan fingerprint density at radius 3 is 2.33 bits per heavy atom. The summed E-state index contributed by atoms with van der Waals surface area (Å²) in [5, 5.41) is 3.18. The Morgan fingerprint density at radius 2 is 1.74 bits per heavy atom. The summed E-state index contributed by atoms with van der Waals surface area (Å²) in [6.07, 6.45) is 0.125. The fourth-order valence-corrected chi connectivity index (χ4v) is 2.90. The standard InChI is InChI=1S/C20H23ClN2O4/c1-13-5-7-19(27-4)17(11-13)23(14(2)24)10-9-20(25)22-15-6-8-18(26-3)16(21)12-15/h5-8,11-12H,9-10H2,1-4H3,(H,22,25). The maximum Gasteiger partial charge on any atom is 0.226 e. The van der Waals surface area contributed by atoms with Crippen LogP contribution >= 0.6 is 11.6 Å². The third-order valence-corrected chi connectivity index (χ3v) is 4.30. The topological polar surface area (TPSA) is 67.9 Å². The molecular weight excluding hydrogens is 368 g/mol. The van der Waals surface area contributed by atoms with Gasteiger partial charge in [-0.2, -0.15) is 0 Å². The minimum atomic E-state index is -0.228. The molecule has 0 saturated heterocycles. The number of hydrogen-bond acceptors (Lipinski definition) is 4.